The van der Waals surface area contributed by atoms with E-state index in [1.54, 1.807) is 0 Å². The summed E-state index contributed by atoms with van der Waals surface area (Å²) in [5.74, 6) is 0. The monoisotopic (exact) mass is 312 g/mol. The first-order chi connectivity index (χ1) is 9.52. The Morgan fingerprint density at radius 2 is 1.95 bits per heavy atom. The molecule has 0 aliphatic heterocycles. The van der Waals surface area contributed by atoms with Crippen LogP contribution in [0.15, 0.2) is 24.3 Å². The number of benzene rings is 1. The summed E-state index contributed by atoms with van der Waals surface area (Å²) in [7, 11) is 0. The number of hydrogen-bond acceptors (Lipinski definition) is 2. The molecule has 1 atom stereocenters. The van der Waals surface area contributed by atoms with Crippen LogP contribution in [-0.4, -0.2) is 21.0 Å². The molecule has 0 radical (unpaired) electrons. The van der Waals surface area contributed by atoms with Crippen LogP contribution in [0.1, 0.15) is 23.9 Å². The van der Waals surface area contributed by atoms with Crippen LogP contribution in [-0.2, 0) is 19.4 Å². The molecule has 0 saturated carbocycles. The molecule has 1 aromatic carbocycles. The van der Waals surface area contributed by atoms with Gasteiger partial charge in [0.1, 0.15) is 0 Å². The molecule has 0 aliphatic carbocycles. The predicted octanol–water partition coefficient (Wildman–Crippen LogP) is 3.66. The molecule has 0 bridgehead atoms. The Morgan fingerprint density at radius 3 is 2.60 bits per heavy atom. The van der Waals surface area contributed by atoms with Gasteiger partial charge in [0, 0.05) is 24.4 Å². The Bertz CT molecular complexity index is 596. The number of aromatic nitrogens is 2. The molecular weight excluding hydrogens is 295 g/mol. The van der Waals surface area contributed by atoms with Gasteiger partial charge in [-0.05, 0) is 25.5 Å². The molecule has 0 aliphatic rings. The summed E-state index contributed by atoms with van der Waals surface area (Å²) < 4.78 is 1.84. The predicted molar refractivity (Wildman–Crippen MR) is 82.5 cm³/mol. The SMILES string of the molecule is CCn1nc(C)c(Cl)c1CC(O)Cc1ccccc1Cl. The number of halogens is 2. The van der Waals surface area contributed by atoms with Gasteiger partial charge in [-0.3, -0.25) is 4.68 Å². The Kier molecular flexibility index (Phi) is 5.08. The molecule has 0 spiro atoms. The van der Waals surface area contributed by atoms with Gasteiger partial charge in [-0.25, -0.2) is 0 Å². The third-order valence-electron chi connectivity index (χ3n) is 3.30. The first kappa shape index (κ1) is 15.4. The number of aliphatic hydroxyl groups is 1. The zero-order valence-electron chi connectivity index (χ0n) is 11.6. The molecule has 0 amide bonds. The second-order valence-electron chi connectivity index (χ2n) is 4.82. The van der Waals surface area contributed by atoms with Gasteiger partial charge in [-0.15, -0.1) is 0 Å². The van der Waals surface area contributed by atoms with Crippen LogP contribution < -0.4 is 0 Å². The lowest BCUT2D eigenvalue weighted by molar-refractivity contribution is 0.172. The van der Waals surface area contributed by atoms with E-state index in [0.29, 0.717) is 22.9 Å². The van der Waals surface area contributed by atoms with Crippen LogP contribution in [0.2, 0.25) is 10.0 Å². The first-order valence-electron chi connectivity index (χ1n) is 6.66. The fourth-order valence-corrected chi connectivity index (χ4v) is 2.70. The van der Waals surface area contributed by atoms with Gasteiger partial charge in [0.2, 0.25) is 0 Å². The summed E-state index contributed by atoms with van der Waals surface area (Å²) in [5, 5.41) is 16.0. The number of rotatable bonds is 5. The van der Waals surface area contributed by atoms with E-state index >= 15 is 0 Å². The van der Waals surface area contributed by atoms with Crippen molar-refractivity contribution < 1.29 is 5.11 Å². The molecule has 1 aromatic heterocycles. The molecule has 20 heavy (non-hydrogen) atoms. The minimum atomic E-state index is -0.534. The van der Waals surface area contributed by atoms with Crippen LogP contribution >= 0.6 is 23.2 Å². The Labute approximate surface area is 129 Å². The zero-order valence-corrected chi connectivity index (χ0v) is 13.1. The normalized spacial score (nSPS) is 12.7. The third-order valence-corrected chi connectivity index (χ3v) is 4.16. The average molecular weight is 313 g/mol. The number of aliphatic hydroxyl groups excluding tert-OH is 1. The van der Waals surface area contributed by atoms with E-state index in [0.717, 1.165) is 23.5 Å². The molecule has 5 heteroatoms. The van der Waals surface area contributed by atoms with Crippen molar-refractivity contribution in [1.29, 1.82) is 0 Å². The number of hydrogen-bond donors (Lipinski definition) is 1. The van der Waals surface area contributed by atoms with Crippen LogP contribution in [0.4, 0.5) is 0 Å². The highest BCUT2D eigenvalue weighted by Crippen LogP contribution is 2.23. The maximum Gasteiger partial charge on any atom is 0.0848 e. The van der Waals surface area contributed by atoms with Crippen molar-refractivity contribution in [2.24, 2.45) is 0 Å². The van der Waals surface area contributed by atoms with Gasteiger partial charge in [0.15, 0.2) is 0 Å². The number of aryl methyl sites for hydroxylation is 2. The van der Waals surface area contributed by atoms with E-state index < -0.39 is 6.10 Å². The number of nitrogens with zero attached hydrogens (tertiary/aromatic N) is 2. The van der Waals surface area contributed by atoms with E-state index in [1.807, 2.05) is 42.8 Å². The molecule has 1 heterocycles. The lowest BCUT2D eigenvalue weighted by Gasteiger charge is -2.13. The van der Waals surface area contributed by atoms with Gasteiger partial charge < -0.3 is 5.11 Å². The Hall–Kier alpha value is -1.03. The minimum absolute atomic E-state index is 0.471. The van der Waals surface area contributed by atoms with Gasteiger partial charge in [0.05, 0.1) is 22.5 Å². The van der Waals surface area contributed by atoms with Crippen LogP contribution in [0.3, 0.4) is 0 Å². The van der Waals surface area contributed by atoms with Crippen molar-refractivity contribution in [3.63, 3.8) is 0 Å². The second-order valence-corrected chi connectivity index (χ2v) is 5.60. The average Bonchev–Trinajstić information content (AvgIpc) is 2.69. The van der Waals surface area contributed by atoms with E-state index in [9.17, 15) is 5.11 Å². The van der Waals surface area contributed by atoms with Crippen molar-refractivity contribution >= 4 is 23.2 Å². The summed E-state index contributed by atoms with van der Waals surface area (Å²) in [6, 6.07) is 7.55. The second kappa shape index (κ2) is 6.61. The summed E-state index contributed by atoms with van der Waals surface area (Å²) in [4.78, 5) is 0. The van der Waals surface area contributed by atoms with Crippen LogP contribution in [0, 0.1) is 6.92 Å². The van der Waals surface area contributed by atoms with Gasteiger partial charge in [-0.2, -0.15) is 5.10 Å². The minimum Gasteiger partial charge on any atom is -0.392 e. The molecule has 0 saturated heterocycles. The highest BCUT2D eigenvalue weighted by molar-refractivity contribution is 6.32. The summed E-state index contributed by atoms with van der Waals surface area (Å²) in [5.41, 5.74) is 2.62. The lowest BCUT2D eigenvalue weighted by Crippen LogP contribution is -2.17. The van der Waals surface area contributed by atoms with Crippen molar-refractivity contribution in [2.75, 3.05) is 0 Å². The molecular formula is C15H18Cl2N2O. The highest BCUT2D eigenvalue weighted by atomic mass is 35.5. The van der Waals surface area contributed by atoms with E-state index in [4.69, 9.17) is 23.2 Å². The topological polar surface area (TPSA) is 38.0 Å². The van der Waals surface area contributed by atoms with Gasteiger partial charge >= 0.3 is 0 Å². The molecule has 1 unspecified atom stereocenters. The highest BCUT2D eigenvalue weighted by Gasteiger charge is 2.17. The zero-order chi connectivity index (χ0) is 14.7. The summed E-state index contributed by atoms with van der Waals surface area (Å²) in [6.45, 7) is 4.62. The van der Waals surface area contributed by atoms with E-state index in [2.05, 4.69) is 5.10 Å². The maximum absolute atomic E-state index is 10.3. The first-order valence-corrected chi connectivity index (χ1v) is 7.41. The lowest BCUT2D eigenvalue weighted by atomic mass is 10.0. The molecule has 0 fully saturated rings. The van der Waals surface area contributed by atoms with Crippen LogP contribution in [0.25, 0.3) is 0 Å². The van der Waals surface area contributed by atoms with Crippen molar-refractivity contribution in [2.45, 2.75) is 39.3 Å². The van der Waals surface area contributed by atoms with Gasteiger partial charge in [0.25, 0.3) is 0 Å². The Balaban J connectivity index is 2.12. The van der Waals surface area contributed by atoms with Gasteiger partial charge in [-0.1, -0.05) is 41.4 Å². The summed E-state index contributed by atoms with van der Waals surface area (Å²) >= 11 is 12.4. The Morgan fingerprint density at radius 1 is 1.25 bits per heavy atom. The molecule has 2 rings (SSSR count). The van der Waals surface area contributed by atoms with Crippen molar-refractivity contribution in [3.8, 4) is 0 Å². The largest absolute Gasteiger partial charge is 0.392 e. The smallest absolute Gasteiger partial charge is 0.0848 e. The standard InChI is InChI=1S/C15H18Cl2N2O/c1-3-19-14(15(17)10(2)18-19)9-12(20)8-11-6-4-5-7-13(11)16/h4-7,12,20H,3,8-9H2,1-2H3. The fraction of sp³-hybridized carbons (Fsp3) is 0.400. The molecule has 1 N–H and O–H groups in total. The van der Waals surface area contributed by atoms with Crippen LogP contribution in [0.5, 0.6) is 0 Å². The third kappa shape index (κ3) is 3.35. The van der Waals surface area contributed by atoms with Crippen molar-refractivity contribution in [3.05, 3.63) is 51.3 Å². The van der Waals surface area contributed by atoms with Crippen molar-refractivity contribution in [1.82, 2.24) is 9.78 Å². The molecule has 3 nitrogen and oxygen atoms in total. The maximum atomic E-state index is 10.3. The molecule has 108 valence electrons. The fourth-order valence-electron chi connectivity index (χ4n) is 2.28. The molecule has 2 aromatic rings. The van der Waals surface area contributed by atoms with E-state index in [1.165, 1.54) is 0 Å². The van der Waals surface area contributed by atoms with E-state index in [-0.39, 0.29) is 0 Å². The summed E-state index contributed by atoms with van der Waals surface area (Å²) in [6.07, 6.45) is 0.441. The quantitative estimate of drug-likeness (QED) is 0.915.